The molecule has 0 bridgehead atoms. The Balaban J connectivity index is 1.78. The van der Waals surface area contributed by atoms with Gasteiger partial charge in [0.25, 0.3) is 11.5 Å². The molecule has 3 aromatic rings. The smallest absolute Gasteiger partial charge is 0.265 e. The molecule has 5 nitrogen and oxygen atoms in total. The molecule has 0 unspecified atom stereocenters. The summed E-state index contributed by atoms with van der Waals surface area (Å²) < 4.78 is 1.42. The maximum atomic E-state index is 12.7. The number of rotatable bonds is 2. The molecule has 1 amide bonds. The first kappa shape index (κ1) is 15.1. The minimum Gasteiger partial charge on any atom is -0.349 e. The van der Waals surface area contributed by atoms with Gasteiger partial charge in [-0.25, -0.2) is 4.98 Å². The molecule has 0 radical (unpaired) electrons. The molecular weight excluding hydrogens is 326 g/mol. The lowest BCUT2D eigenvalue weighted by Gasteiger charge is -2.12. The van der Waals surface area contributed by atoms with Crippen LogP contribution in [-0.2, 0) is 0 Å². The van der Waals surface area contributed by atoms with Gasteiger partial charge in [0.2, 0.25) is 0 Å². The molecule has 0 spiro atoms. The Morgan fingerprint density at radius 3 is 2.79 bits per heavy atom. The van der Waals surface area contributed by atoms with Crippen LogP contribution in [0.5, 0.6) is 0 Å². The first-order valence-electron chi connectivity index (χ1n) is 8.04. The summed E-state index contributed by atoms with van der Waals surface area (Å²) in [4.78, 5) is 29.5. The van der Waals surface area contributed by atoms with Gasteiger partial charge >= 0.3 is 0 Å². The van der Waals surface area contributed by atoms with Crippen molar-refractivity contribution in [1.29, 1.82) is 0 Å². The van der Waals surface area contributed by atoms with Gasteiger partial charge in [0.05, 0.1) is 16.5 Å². The van der Waals surface area contributed by atoms with Crippen LogP contribution >= 0.6 is 11.6 Å². The molecule has 0 saturated heterocycles. The van der Waals surface area contributed by atoms with E-state index >= 15 is 0 Å². The Morgan fingerprint density at radius 1 is 1.21 bits per heavy atom. The molecular formula is C18H16ClN3O2. The van der Waals surface area contributed by atoms with Gasteiger partial charge in [0, 0.05) is 17.3 Å². The highest BCUT2D eigenvalue weighted by Crippen LogP contribution is 2.19. The molecule has 1 aliphatic carbocycles. The number of halogens is 1. The zero-order chi connectivity index (χ0) is 16.7. The largest absolute Gasteiger partial charge is 0.349 e. The standard InChI is InChI=1S/C18H16ClN3O2/c19-12-6-7-14-15(9-12)21-16-8-5-11(10-22(16)18(14)24)17(23)20-13-3-1-2-4-13/h5-10,13H,1-4H2,(H,20,23). The maximum Gasteiger partial charge on any atom is 0.265 e. The van der Waals surface area contributed by atoms with E-state index in [2.05, 4.69) is 10.3 Å². The fourth-order valence-electron chi connectivity index (χ4n) is 3.25. The van der Waals surface area contributed by atoms with Crippen LogP contribution in [0.15, 0.2) is 41.3 Å². The zero-order valence-corrected chi connectivity index (χ0v) is 13.7. The summed E-state index contributed by atoms with van der Waals surface area (Å²) in [6.07, 6.45) is 5.91. The molecule has 1 saturated carbocycles. The van der Waals surface area contributed by atoms with Crippen LogP contribution in [0.1, 0.15) is 36.0 Å². The van der Waals surface area contributed by atoms with Crippen LogP contribution in [0, 0.1) is 0 Å². The Labute approximate surface area is 143 Å². The van der Waals surface area contributed by atoms with Crippen LogP contribution in [-0.4, -0.2) is 21.3 Å². The maximum absolute atomic E-state index is 12.7. The van der Waals surface area contributed by atoms with Crippen molar-refractivity contribution in [3.63, 3.8) is 0 Å². The lowest BCUT2D eigenvalue weighted by molar-refractivity contribution is 0.0937. The first-order chi connectivity index (χ1) is 11.6. The average molecular weight is 342 g/mol. The van der Waals surface area contributed by atoms with E-state index in [1.807, 2.05) is 0 Å². The number of nitrogens with one attached hydrogen (secondary N) is 1. The van der Waals surface area contributed by atoms with Crippen molar-refractivity contribution in [2.45, 2.75) is 31.7 Å². The van der Waals surface area contributed by atoms with Crippen molar-refractivity contribution in [2.75, 3.05) is 0 Å². The molecule has 2 heterocycles. The molecule has 6 heteroatoms. The highest BCUT2D eigenvalue weighted by atomic mass is 35.5. The van der Waals surface area contributed by atoms with Crippen LogP contribution in [0.2, 0.25) is 5.02 Å². The summed E-state index contributed by atoms with van der Waals surface area (Å²) in [6.45, 7) is 0. The van der Waals surface area contributed by atoms with Crippen LogP contribution < -0.4 is 10.9 Å². The summed E-state index contributed by atoms with van der Waals surface area (Å²) in [5, 5.41) is 4.04. The van der Waals surface area contributed by atoms with Gasteiger partial charge in [-0.2, -0.15) is 0 Å². The summed E-state index contributed by atoms with van der Waals surface area (Å²) in [6, 6.07) is 8.61. The minimum atomic E-state index is -0.206. The van der Waals surface area contributed by atoms with Crippen molar-refractivity contribution in [1.82, 2.24) is 14.7 Å². The van der Waals surface area contributed by atoms with E-state index in [1.165, 1.54) is 4.40 Å². The predicted molar refractivity (Wildman–Crippen MR) is 93.7 cm³/mol. The molecule has 24 heavy (non-hydrogen) atoms. The van der Waals surface area contributed by atoms with Crippen LogP contribution in [0.4, 0.5) is 0 Å². The Kier molecular flexibility index (Phi) is 3.73. The van der Waals surface area contributed by atoms with Gasteiger partial charge in [-0.05, 0) is 43.2 Å². The summed E-state index contributed by atoms with van der Waals surface area (Å²) in [5.41, 5.74) is 1.30. The van der Waals surface area contributed by atoms with E-state index in [0.717, 1.165) is 25.7 Å². The number of pyridine rings is 1. The molecule has 1 N–H and O–H groups in total. The molecule has 4 rings (SSSR count). The first-order valence-corrected chi connectivity index (χ1v) is 8.42. The average Bonchev–Trinajstić information content (AvgIpc) is 3.07. The Bertz CT molecular complexity index is 1010. The molecule has 0 atom stereocenters. The number of fused-ring (bicyclic) bond motifs is 2. The van der Waals surface area contributed by atoms with Gasteiger partial charge < -0.3 is 5.32 Å². The van der Waals surface area contributed by atoms with Crippen molar-refractivity contribution in [3.8, 4) is 0 Å². The van der Waals surface area contributed by atoms with Gasteiger partial charge in [-0.1, -0.05) is 24.4 Å². The van der Waals surface area contributed by atoms with Gasteiger partial charge in [-0.3, -0.25) is 14.0 Å². The number of aromatic nitrogens is 2. The van der Waals surface area contributed by atoms with Gasteiger partial charge in [0.15, 0.2) is 0 Å². The predicted octanol–water partition coefficient (Wildman–Crippen LogP) is 3.17. The van der Waals surface area contributed by atoms with Crippen molar-refractivity contribution >= 4 is 34.1 Å². The van der Waals surface area contributed by atoms with E-state index in [9.17, 15) is 9.59 Å². The molecule has 0 aliphatic heterocycles. The van der Waals surface area contributed by atoms with E-state index in [4.69, 9.17) is 11.6 Å². The minimum absolute atomic E-state index is 0.146. The SMILES string of the molecule is O=C(NC1CCCC1)c1ccc2nc3cc(Cl)ccc3c(=O)n2c1. The second kappa shape index (κ2) is 5.91. The van der Waals surface area contributed by atoms with E-state index in [1.54, 1.807) is 36.5 Å². The second-order valence-corrected chi connectivity index (χ2v) is 6.62. The molecule has 2 aromatic heterocycles. The van der Waals surface area contributed by atoms with Crippen LogP contribution in [0.3, 0.4) is 0 Å². The number of benzene rings is 1. The number of amides is 1. The Hall–Kier alpha value is -2.40. The lowest BCUT2D eigenvalue weighted by atomic mass is 10.2. The van der Waals surface area contributed by atoms with Gasteiger partial charge in [-0.15, -0.1) is 0 Å². The number of nitrogens with zero attached hydrogens (tertiary/aromatic N) is 2. The topological polar surface area (TPSA) is 63.5 Å². The summed E-state index contributed by atoms with van der Waals surface area (Å²) in [5.74, 6) is -0.146. The van der Waals surface area contributed by atoms with Gasteiger partial charge in [0.1, 0.15) is 5.65 Å². The fraction of sp³-hybridized carbons (Fsp3) is 0.278. The lowest BCUT2D eigenvalue weighted by Crippen LogP contribution is -2.33. The third-order valence-corrected chi connectivity index (χ3v) is 4.76. The molecule has 1 aromatic carbocycles. The second-order valence-electron chi connectivity index (χ2n) is 6.18. The third-order valence-electron chi connectivity index (χ3n) is 4.52. The van der Waals surface area contributed by atoms with Crippen molar-refractivity contribution < 1.29 is 4.79 Å². The van der Waals surface area contributed by atoms with E-state index < -0.39 is 0 Å². The third kappa shape index (κ3) is 2.65. The normalized spacial score (nSPS) is 15.2. The zero-order valence-electron chi connectivity index (χ0n) is 13.0. The van der Waals surface area contributed by atoms with E-state index in [-0.39, 0.29) is 17.5 Å². The quantitative estimate of drug-likeness (QED) is 0.728. The highest BCUT2D eigenvalue weighted by molar-refractivity contribution is 6.31. The molecule has 1 fully saturated rings. The van der Waals surface area contributed by atoms with Crippen LogP contribution in [0.25, 0.3) is 16.6 Å². The van der Waals surface area contributed by atoms with Crippen molar-refractivity contribution in [2.24, 2.45) is 0 Å². The fourth-order valence-corrected chi connectivity index (χ4v) is 3.42. The number of carbonyl (C=O) groups is 1. The monoisotopic (exact) mass is 341 g/mol. The summed E-state index contributed by atoms with van der Waals surface area (Å²) in [7, 11) is 0. The number of hydrogen-bond acceptors (Lipinski definition) is 3. The van der Waals surface area contributed by atoms with E-state index in [0.29, 0.717) is 27.1 Å². The Morgan fingerprint density at radius 2 is 2.00 bits per heavy atom. The molecule has 122 valence electrons. The summed E-state index contributed by atoms with van der Waals surface area (Å²) >= 11 is 5.97. The number of hydrogen-bond donors (Lipinski definition) is 1. The number of carbonyl (C=O) groups excluding carboxylic acids is 1. The van der Waals surface area contributed by atoms with Crippen molar-refractivity contribution in [3.05, 3.63) is 57.5 Å². The highest BCUT2D eigenvalue weighted by Gasteiger charge is 2.18. The molecule has 1 aliphatic rings.